The standard InChI is InChI=1S/C11H19NO5/c1-4-12(8-7-9(13)16-5-2)10(14)11(15)17-6-3/h4-8H2,1-3H3. The van der Waals surface area contributed by atoms with E-state index in [0.717, 1.165) is 0 Å². The molecular weight excluding hydrogens is 226 g/mol. The number of carbonyl (C=O) groups is 3. The minimum atomic E-state index is -0.891. The highest BCUT2D eigenvalue weighted by molar-refractivity contribution is 6.32. The molecule has 0 rings (SSSR count). The van der Waals surface area contributed by atoms with E-state index in [1.165, 1.54) is 4.90 Å². The van der Waals surface area contributed by atoms with E-state index in [0.29, 0.717) is 13.2 Å². The lowest BCUT2D eigenvalue weighted by atomic mass is 10.3. The van der Waals surface area contributed by atoms with Gasteiger partial charge in [-0.2, -0.15) is 0 Å². The lowest BCUT2D eigenvalue weighted by molar-refractivity contribution is -0.160. The van der Waals surface area contributed by atoms with Crippen LogP contribution in [0.15, 0.2) is 0 Å². The Labute approximate surface area is 101 Å². The van der Waals surface area contributed by atoms with E-state index in [1.807, 2.05) is 0 Å². The Morgan fingerprint density at radius 2 is 1.59 bits per heavy atom. The van der Waals surface area contributed by atoms with E-state index in [-0.39, 0.29) is 25.5 Å². The first-order valence-corrected chi connectivity index (χ1v) is 5.68. The van der Waals surface area contributed by atoms with Gasteiger partial charge in [-0.05, 0) is 20.8 Å². The summed E-state index contributed by atoms with van der Waals surface area (Å²) in [6.45, 7) is 6.02. The minimum absolute atomic E-state index is 0.0762. The van der Waals surface area contributed by atoms with Crippen LogP contribution in [0.1, 0.15) is 27.2 Å². The predicted molar refractivity (Wildman–Crippen MR) is 60.1 cm³/mol. The summed E-state index contributed by atoms with van der Waals surface area (Å²) in [6, 6.07) is 0. The molecule has 98 valence electrons. The van der Waals surface area contributed by atoms with Gasteiger partial charge in [-0.15, -0.1) is 0 Å². The maximum absolute atomic E-state index is 11.5. The maximum atomic E-state index is 11.5. The zero-order chi connectivity index (χ0) is 13.3. The van der Waals surface area contributed by atoms with Crippen molar-refractivity contribution in [2.75, 3.05) is 26.3 Å². The van der Waals surface area contributed by atoms with E-state index in [1.54, 1.807) is 20.8 Å². The van der Waals surface area contributed by atoms with Crippen molar-refractivity contribution in [1.82, 2.24) is 4.90 Å². The van der Waals surface area contributed by atoms with Crippen molar-refractivity contribution in [1.29, 1.82) is 0 Å². The molecule has 6 nitrogen and oxygen atoms in total. The van der Waals surface area contributed by atoms with Crippen LogP contribution in [0.3, 0.4) is 0 Å². The van der Waals surface area contributed by atoms with Gasteiger partial charge in [-0.1, -0.05) is 0 Å². The summed E-state index contributed by atoms with van der Waals surface area (Å²) < 4.78 is 9.33. The van der Waals surface area contributed by atoms with Gasteiger partial charge in [0.15, 0.2) is 0 Å². The maximum Gasteiger partial charge on any atom is 0.397 e. The third kappa shape index (κ3) is 5.89. The van der Waals surface area contributed by atoms with Gasteiger partial charge in [0.1, 0.15) is 0 Å². The normalized spacial score (nSPS) is 9.59. The second-order valence-corrected chi connectivity index (χ2v) is 3.16. The summed E-state index contributed by atoms with van der Waals surface area (Å²) in [5.41, 5.74) is 0. The van der Waals surface area contributed by atoms with Gasteiger partial charge in [-0.25, -0.2) is 4.79 Å². The second-order valence-electron chi connectivity index (χ2n) is 3.16. The first kappa shape index (κ1) is 15.4. The Hall–Kier alpha value is -1.59. The van der Waals surface area contributed by atoms with Crippen LogP contribution in [0.5, 0.6) is 0 Å². The molecule has 17 heavy (non-hydrogen) atoms. The van der Waals surface area contributed by atoms with Crippen LogP contribution in [0, 0.1) is 0 Å². The molecule has 0 aliphatic carbocycles. The zero-order valence-electron chi connectivity index (χ0n) is 10.5. The topological polar surface area (TPSA) is 72.9 Å². The van der Waals surface area contributed by atoms with Crippen LogP contribution in [-0.2, 0) is 23.9 Å². The number of esters is 2. The van der Waals surface area contributed by atoms with Gasteiger partial charge < -0.3 is 14.4 Å². The van der Waals surface area contributed by atoms with E-state index in [2.05, 4.69) is 4.74 Å². The van der Waals surface area contributed by atoms with Crippen LogP contribution in [0.2, 0.25) is 0 Å². The fourth-order valence-corrected chi connectivity index (χ4v) is 1.18. The van der Waals surface area contributed by atoms with Gasteiger partial charge in [0.2, 0.25) is 0 Å². The monoisotopic (exact) mass is 245 g/mol. The molecule has 0 saturated heterocycles. The van der Waals surface area contributed by atoms with Crippen molar-refractivity contribution < 1.29 is 23.9 Å². The summed E-state index contributed by atoms with van der Waals surface area (Å²) in [4.78, 5) is 35.1. The molecule has 0 bridgehead atoms. The van der Waals surface area contributed by atoms with Crippen molar-refractivity contribution in [3.05, 3.63) is 0 Å². The van der Waals surface area contributed by atoms with Crippen LogP contribution in [0.4, 0.5) is 0 Å². The molecule has 1 amide bonds. The summed E-state index contributed by atoms with van der Waals surface area (Å²) in [5, 5.41) is 0. The van der Waals surface area contributed by atoms with Gasteiger partial charge >= 0.3 is 17.8 Å². The Bertz CT molecular complexity index is 277. The summed E-state index contributed by atoms with van der Waals surface area (Å²) in [5.74, 6) is -2.00. The second kappa shape index (κ2) is 8.55. The Morgan fingerprint density at radius 3 is 2.06 bits per heavy atom. The summed E-state index contributed by atoms with van der Waals surface area (Å²) in [6.07, 6.45) is 0.0762. The van der Waals surface area contributed by atoms with Gasteiger partial charge in [0.25, 0.3) is 0 Å². The molecule has 0 aromatic heterocycles. The quantitative estimate of drug-likeness (QED) is 0.498. The SMILES string of the molecule is CCOC(=O)CCN(CC)C(=O)C(=O)OCC. The smallest absolute Gasteiger partial charge is 0.397 e. The van der Waals surface area contributed by atoms with Crippen LogP contribution >= 0.6 is 0 Å². The third-order valence-electron chi connectivity index (χ3n) is 2.01. The molecule has 0 aromatic carbocycles. The average molecular weight is 245 g/mol. The molecule has 0 aromatic rings. The molecule has 0 unspecified atom stereocenters. The lowest BCUT2D eigenvalue weighted by Crippen LogP contribution is -2.38. The first-order chi connectivity index (χ1) is 8.06. The summed E-state index contributed by atoms with van der Waals surface area (Å²) in [7, 11) is 0. The molecule has 0 heterocycles. The molecule has 0 saturated carbocycles. The molecular formula is C11H19NO5. The molecule has 0 radical (unpaired) electrons. The number of carbonyl (C=O) groups excluding carboxylic acids is 3. The number of likely N-dealkylation sites (N-methyl/N-ethyl adjacent to an activating group) is 1. The van der Waals surface area contributed by atoms with Crippen LogP contribution in [0.25, 0.3) is 0 Å². The molecule has 0 spiro atoms. The highest BCUT2D eigenvalue weighted by Gasteiger charge is 2.22. The average Bonchev–Trinajstić information content (AvgIpc) is 2.30. The Balaban J connectivity index is 4.19. The number of hydrogen-bond acceptors (Lipinski definition) is 5. The van der Waals surface area contributed by atoms with Crippen molar-refractivity contribution in [2.45, 2.75) is 27.2 Å². The largest absolute Gasteiger partial charge is 0.466 e. The number of rotatable bonds is 6. The van der Waals surface area contributed by atoms with Crippen LogP contribution in [-0.4, -0.2) is 49.0 Å². The van der Waals surface area contributed by atoms with E-state index in [4.69, 9.17) is 4.74 Å². The Kier molecular flexibility index (Phi) is 7.75. The van der Waals surface area contributed by atoms with Gasteiger partial charge in [-0.3, -0.25) is 9.59 Å². The van der Waals surface area contributed by atoms with Crippen molar-refractivity contribution in [2.24, 2.45) is 0 Å². The summed E-state index contributed by atoms with van der Waals surface area (Å²) >= 11 is 0. The van der Waals surface area contributed by atoms with Crippen molar-refractivity contribution in [3.63, 3.8) is 0 Å². The fourth-order valence-electron chi connectivity index (χ4n) is 1.18. The van der Waals surface area contributed by atoms with E-state index >= 15 is 0 Å². The lowest BCUT2D eigenvalue weighted by Gasteiger charge is -2.18. The first-order valence-electron chi connectivity index (χ1n) is 5.68. The molecule has 6 heteroatoms. The molecule has 0 fully saturated rings. The fraction of sp³-hybridized carbons (Fsp3) is 0.727. The number of hydrogen-bond donors (Lipinski definition) is 0. The van der Waals surface area contributed by atoms with Crippen LogP contribution < -0.4 is 0 Å². The van der Waals surface area contributed by atoms with Gasteiger partial charge in [0.05, 0.1) is 19.6 Å². The van der Waals surface area contributed by atoms with Crippen molar-refractivity contribution >= 4 is 17.8 Å². The predicted octanol–water partition coefficient (Wildman–Crippen LogP) is 0.351. The molecule has 0 aliphatic heterocycles. The molecule has 0 aliphatic rings. The van der Waals surface area contributed by atoms with Crippen molar-refractivity contribution in [3.8, 4) is 0 Å². The molecule has 0 atom stereocenters. The third-order valence-corrected chi connectivity index (χ3v) is 2.01. The number of ether oxygens (including phenoxy) is 2. The highest BCUT2D eigenvalue weighted by atomic mass is 16.5. The van der Waals surface area contributed by atoms with Gasteiger partial charge in [0, 0.05) is 13.1 Å². The highest BCUT2D eigenvalue weighted by Crippen LogP contribution is 1.97. The number of amides is 1. The Morgan fingerprint density at radius 1 is 1.00 bits per heavy atom. The van der Waals surface area contributed by atoms with E-state index in [9.17, 15) is 14.4 Å². The minimum Gasteiger partial charge on any atom is -0.466 e. The molecule has 0 N–H and O–H groups in total. The number of nitrogens with zero attached hydrogens (tertiary/aromatic N) is 1. The van der Waals surface area contributed by atoms with E-state index < -0.39 is 11.9 Å². The zero-order valence-corrected chi connectivity index (χ0v) is 10.5.